The molecule has 156 valence electrons. The number of nitrogens with zero attached hydrogens (tertiary/aromatic N) is 2. The zero-order valence-corrected chi connectivity index (χ0v) is 15.5. The molecule has 0 aliphatic carbocycles. The summed E-state index contributed by atoms with van der Waals surface area (Å²) >= 11 is 0. The fourth-order valence-electron chi connectivity index (χ4n) is 2.69. The minimum Gasteiger partial charge on any atom is -0.463 e. The molecule has 28 heavy (non-hydrogen) atoms. The van der Waals surface area contributed by atoms with Crippen LogP contribution in [-0.4, -0.2) is 81.1 Å². The molecule has 1 aromatic rings. The number of esters is 1. The van der Waals surface area contributed by atoms with Crippen LogP contribution in [0.2, 0.25) is 0 Å². The Hall–Kier alpha value is -2.54. The summed E-state index contributed by atoms with van der Waals surface area (Å²) in [5.41, 5.74) is 4.04. The first-order valence-corrected chi connectivity index (χ1v) is 8.61. The lowest BCUT2D eigenvalue weighted by Gasteiger charge is -2.19. The molecule has 1 aliphatic rings. The predicted octanol–water partition coefficient (Wildman–Crippen LogP) is -3.11. The third-order valence-corrected chi connectivity index (χ3v) is 4.29. The number of carbonyl (C=O) groups excluding carboxylic acids is 2. The molecule has 2 heterocycles. The third kappa shape index (κ3) is 5.04. The first-order chi connectivity index (χ1) is 13.1. The largest absolute Gasteiger partial charge is 0.463 e. The molecule has 1 amide bonds. The number of H-pyrrole nitrogens is 1. The Labute approximate surface area is 159 Å². The van der Waals surface area contributed by atoms with E-state index in [9.17, 15) is 29.4 Å². The van der Waals surface area contributed by atoms with Crippen molar-refractivity contribution in [1.29, 1.82) is 0 Å². The summed E-state index contributed by atoms with van der Waals surface area (Å²) in [7, 11) is 1.51. The van der Waals surface area contributed by atoms with E-state index in [-0.39, 0.29) is 25.5 Å². The molecule has 0 bridgehead atoms. The van der Waals surface area contributed by atoms with E-state index >= 15 is 0 Å². The second kappa shape index (κ2) is 9.10. The average Bonchev–Trinajstić information content (AvgIpc) is 2.92. The molecule has 1 unspecified atom stereocenters. The second-order valence-electron chi connectivity index (χ2n) is 6.55. The highest BCUT2D eigenvalue weighted by Gasteiger charge is 2.44. The number of aliphatic hydroxyl groups is 2. The van der Waals surface area contributed by atoms with Gasteiger partial charge in [0.25, 0.3) is 5.56 Å². The van der Waals surface area contributed by atoms with E-state index in [0.717, 1.165) is 16.8 Å². The Morgan fingerprint density at radius 1 is 1.39 bits per heavy atom. The fraction of sp³-hybridized carbons (Fsp3) is 0.625. The second-order valence-corrected chi connectivity index (χ2v) is 6.55. The zero-order chi connectivity index (χ0) is 21.0. The van der Waals surface area contributed by atoms with Gasteiger partial charge in [-0.25, -0.2) is 4.79 Å². The van der Waals surface area contributed by atoms with E-state index in [0.29, 0.717) is 0 Å². The van der Waals surface area contributed by atoms with Crippen LogP contribution in [0.25, 0.3) is 0 Å². The van der Waals surface area contributed by atoms with Crippen LogP contribution in [0.15, 0.2) is 21.9 Å². The van der Waals surface area contributed by atoms with Crippen LogP contribution in [0.4, 0.5) is 0 Å². The molecule has 2 rings (SSSR count). The highest BCUT2D eigenvalue weighted by atomic mass is 16.6. The standard InChI is InChI=1S/C16H24N4O8/c1-8(17)14(25)19(2)5-4-11(22)27-7-9-12(23)13(24)15(28-9)20-6-3-10(21)18-16(20)26/h3,6,8-9,12-13,15,23-24H,4-5,7,17H2,1-2H3,(H,18,21,26)/t8?,9-,12-,13-,15-/m1/s1. The maximum Gasteiger partial charge on any atom is 0.330 e. The highest BCUT2D eigenvalue weighted by Crippen LogP contribution is 2.28. The minimum atomic E-state index is -1.47. The number of nitrogens with two attached hydrogens (primary N) is 1. The summed E-state index contributed by atoms with van der Waals surface area (Å²) < 4.78 is 11.4. The number of rotatable bonds is 7. The number of ether oxygens (including phenoxy) is 2. The molecule has 0 aromatic carbocycles. The van der Waals surface area contributed by atoms with E-state index in [1.165, 1.54) is 18.9 Å². The number of aliphatic hydroxyl groups excluding tert-OH is 2. The first kappa shape index (κ1) is 21.8. The van der Waals surface area contributed by atoms with Crippen molar-refractivity contribution in [3.63, 3.8) is 0 Å². The van der Waals surface area contributed by atoms with Gasteiger partial charge in [0.2, 0.25) is 5.91 Å². The van der Waals surface area contributed by atoms with Crippen LogP contribution in [0.3, 0.4) is 0 Å². The van der Waals surface area contributed by atoms with E-state index in [1.807, 2.05) is 4.98 Å². The molecule has 1 aromatic heterocycles. The van der Waals surface area contributed by atoms with E-state index < -0.39 is 47.8 Å². The van der Waals surface area contributed by atoms with Gasteiger partial charge in [-0.15, -0.1) is 0 Å². The third-order valence-electron chi connectivity index (χ3n) is 4.29. The van der Waals surface area contributed by atoms with Crippen LogP contribution in [-0.2, 0) is 19.1 Å². The summed E-state index contributed by atoms with van der Waals surface area (Å²) in [5.74, 6) is -0.959. The Morgan fingerprint density at radius 3 is 2.68 bits per heavy atom. The van der Waals surface area contributed by atoms with Crippen molar-refractivity contribution < 1.29 is 29.3 Å². The topological polar surface area (TPSA) is 177 Å². The predicted molar refractivity (Wildman–Crippen MR) is 94.1 cm³/mol. The van der Waals surface area contributed by atoms with Gasteiger partial charge in [0, 0.05) is 25.9 Å². The maximum atomic E-state index is 11.8. The molecular weight excluding hydrogens is 376 g/mol. The number of hydrogen-bond acceptors (Lipinski definition) is 9. The van der Waals surface area contributed by atoms with Crippen molar-refractivity contribution in [2.75, 3.05) is 20.2 Å². The average molecular weight is 400 g/mol. The summed E-state index contributed by atoms with van der Waals surface area (Å²) in [6.45, 7) is 1.27. The normalized spacial score (nSPS) is 25.3. The lowest BCUT2D eigenvalue weighted by atomic mass is 10.1. The molecule has 0 spiro atoms. The smallest absolute Gasteiger partial charge is 0.330 e. The van der Waals surface area contributed by atoms with E-state index in [1.54, 1.807) is 0 Å². The molecule has 0 radical (unpaired) electrons. The van der Waals surface area contributed by atoms with E-state index in [4.69, 9.17) is 15.2 Å². The number of amides is 1. The van der Waals surface area contributed by atoms with Crippen molar-refractivity contribution in [3.8, 4) is 0 Å². The number of carbonyl (C=O) groups is 2. The highest BCUT2D eigenvalue weighted by molar-refractivity contribution is 5.81. The number of aromatic amines is 1. The minimum absolute atomic E-state index is 0.0941. The molecule has 12 heteroatoms. The summed E-state index contributed by atoms with van der Waals surface area (Å²) in [6.07, 6.45) is -4.19. The molecular formula is C16H24N4O8. The van der Waals surface area contributed by atoms with Crippen molar-refractivity contribution >= 4 is 11.9 Å². The van der Waals surface area contributed by atoms with Crippen molar-refractivity contribution in [2.45, 2.75) is 43.9 Å². The molecule has 12 nitrogen and oxygen atoms in total. The molecule has 1 fully saturated rings. The summed E-state index contributed by atoms with van der Waals surface area (Å²) in [5, 5.41) is 20.2. The molecule has 1 saturated heterocycles. The van der Waals surface area contributed by atoms with E-state index in [2.05, 4.69) is 0 Å². The number of hydrogen-bond donors (Lipinski definition) is 4. The fourth-order valence-corrected chi connectivity index (χ4v) is 2.69. The molecule has 0 saturated carbocycles. The van der Waals surface area contributed by atoms with Crippen molar-refractivity contribution in [3.05, 3.63) is 33.1 Å². The first-order valence-electron chi connectivity index (χ1n) is 8.61. The Morgan fingerprint density at radius 2 is 2.07 bits per heavy atom. The van der Waals surface area contributed by atoms with Gasteiger partial charge in [0.1, 0.15) is 24.9 Å². The van der Waals surface area contributed by atoms with Gasteiger partial charge >= 0.3 is 11.7 Å². The Kier molecular flexibility index (Phi) is 7.07. The Bertz CT molecular complexity index is 819. The van der Waals surface area contributed by atoms with Gasteiger partial charge in [-0.2, -0.15) is 0 Å². The lowest BCUT2D eigenvalue weighted by molar-refractivity contribution is -0.150. The van der Waals surface area contributed by atoms with Crippen LogP contribution in [0.5, 0.6) is 0 Å². The zero-order valence-electron chi connectivity index (χ0n) is 15.5. The van der Waals surface area contributed by atoms with Gasteiger partial charge in [0.15, 0.2) is 6.23 Å². The van der Waals surface area contributed by atoms with Gasteiger partial charge in [0.05, 0.1) is 12.5 Å². The van der Waals surface area contributed by atoms with Gasteiger partial charge < -0.3 is 30.3 Å². The Balaban J connectivity index is 1.89. The monoisotopic (exact) mass is 400 g/mol. The maximum absolute atomic E-state index is 11.8. The van der Waals surface area contributed by atoms with Crippen LogP contribution >= 0.6 is 0 Å². The molecule has 1 aliphatic heterocycles. The van der Waals surface area contributed by atoms with Crippen molar-refractivity contribution in [2.24, 2.45) is 5.73 Å². The summed E-state index contributed by atoms with van der Waals surface area (Å²) in [6, 6.07) is 0.384. The number of nitrogens with one attached hydrogen (secondary N) is 1. The van der Waals surface area contributed by atoms with Gasteiger partial charge in [-0.1, -0.05) is 0 Å². The van der Waals surface area contributed by atoms with Gasteiger partial charge in [-0.3, -0.25) is 23.9 Å². The molecule has 5 atom stereocenters. The number of aromatic nitrogens is 2. The SMILES string of the molecule is CC(N)C(=O)N(C)CCC(=O)OC[C@H]1O[C@@H](n2ccc(=O)[nH]c2=O)[C@H](O)[C@@H]1O. The quantitative estimate of drug-likeness (QED) is 0.345. The van der Waals surface area contributed by atoms with Crippen LogP contribution in [0.1, 0.15) is 19.6 Å². The van der Waals surface area contributed by atoms with Crippen LogP contribution in [0, 0.1) is 0 Å². The number of likely N-dealkylation sites (N-methyl/N-ethyl adjacent to an activating group) is 1. The van der Waals surface area contributed by atoms with Crippen LogP contribution < -0.4 is 17.0 Å². The summed E-state index contributed by atoms with van der Waals surface area (Å²) in [4.78, 5) is 49.7. The van der Waals surface area contributed by atoms with Crippen molar-refractivity contribution in [1.82, 2.24) is 14.5 Å². The lowest BCUT2D eigenvalue weighted by Crippen LogP contribution is -2.40. The molecule has 5 N–H and O–H groups in total. The van der Waals surface area contributed by atoms with Gasteiger partial charge in [-0.05, 0) is 6.92 Å².